The molecule has 1 aliphatic carbocycles. The summed E-state index contributed by atoms with van der Waals surface area (Å²) < 4.78 is 0. The molecule has 0 aromatic rings. The van der Waals surface area contributed by atoms with Gasteiger partial charge in [0.25, 0.3) is 0 Å². The fraction of sp³-hybridized carbons (Fsp3) is 0.867. The molecule has 2 amide bonds. The maximum atomic E-state index is 12.0. The predicted molar refractivity (Wildman–Crippen MR) is 78.5 cm³/mol. The van der Waals surface area contributed by atoms with Crippen LogP contribution in [0.3, 0.4) is 0 Å². The number of carbonyl (C=O) groups is 2. The van der Waals surface area contributed by atoms with E-state index in [1.807, 2.05) is 13.8 Å². The molecule has 3 N–H and O–H groups in total. The van der Waals surface area contributed by atoms with E-state index in [9.17, 15) is 9.59 Å². The van der Waals surface area contributed by atoms with Gasteiger partial charge < -0.3 is 11.1 Å². The highest BCUT2D eigenvalue weighted by Crippen LogP contribution is 2.46. The Morgan fingerprint density at radius 1 is 1.21 bits per heavy atom. The van der Waals surface area contributed by atoms with Crippen molar-refractivity contribution in [1.82, 2.24) is 5.32 Å². The van der Waals surface area contributed by atoms with Gasteiger partial charge in [0.2, 0.25) is 11.8 Å². The van der Waals surface area contributed by atoms with Gasteiger partial charge in [-0.2, -0.15) is 0 Å². The lowest BCUT2D eigenvalue weighted by Crippen LogP contribution is -2.48. The van der Waals surface area contributed by atoms with Crippen LogP contribution in [0.1, 0.15) is 59.8 Å². The molecule has 1 saturated carbocycles. The molecular weight excluding hydrogens is 240 g/mol. The Bertz CT molecular complexity index is 295. The number of primary amides is 1. The molecule has 0 spiro atoms. The molecule has 19 heavy (non-hydrogen) atoms. The zero-order valence-corrected chi connectivity index (χ0v) is 13.1. The Labute approximate surface area is 117 Å². The van der Waals surface area contributed by atoms with Crippen molar-refractivity contribution in [3.63, 3.8) is 0 Å². The summed E-state index contributed by atoms with van der Waals surface area (Å²) in [7, 11) is 1.62. The highest BCUT2D eigenvalue weighted by molar-refractivity contribution is 5.90. The molecule has 0 aromatic heterocycles. The molecule has 1 aliphatic rings. The third-order valence-electron chi connectivity index (χ3n) is 3.92. The van der Waals surface area contributed by atoms with Crippen LogP contribution in [-0.2, 0) is 9.59 Å². The minimum atomic E-state index is -0.607. The molecule has 0 heterocycles. The Morgan fingerprint density at radius 3 is 2.00 bits per heavy atom. The van der Waals surface area contributed by atoms with Crippen molar-refractivity contribution in [2.24, 2.45) is 23.0 Å². The van der Waals surface area contributed by atoms with Crippen molar-refractivity contribution in [2.75, 3.05) is 7.05 Å². The molecular formula is C15H30N2O2. The second-order valence-electron chi connectivity index (χ2n) is 5.52. The molecule has 0 radical (unpaired) electrons. The number of amides is 2. The standard InChI is InChI=1S/C13H24N2O2.C2H6/c1-9(2)8-10(11(16)15-3)13(12(14)17)6-4-5-7-13;1-2/h9-10H,4-8H2,1-3H3,(H2,14,17)(H,15,16);1-2H3/t10-;/m0./s1. The normalized spacial score (nSPS) is 18.4. The van der Waals surface area contributed by atoms with Crippen LogP contribution < -0.4 is 11.1 Å². The van der Waals surface area contributed by atoms with E-state index in [-0.39, 0.29) is 17.7 Å². The molecule has 112 valence electrons. The van der Waals surface area contributed by atoms with E-state index in [0.29, 0.717) is 5.92 Å². The molecule has 0 unspecified atom stereocenters. The molecule has 0 saturated heterocycles. The van der Waals surface area contributed by atoms with Gasteiger partial charge in [-0.1, -0.05) is 40.5 Å². The summed E-state index contributed by atoms with van der Waals surface area (Å²) in [5.74, 6) is -0.231. The van der Waals surface area contributed by atoms with Gasteiger partial charge in [-0.25, -0.2) is 0 Å². The van der Waals surface area contributed by atoms with Crippen molar-refractivity contribution in [3.8, 4) is 0 Å². The first kappa shape index (κ1) is 17.9. The Balaban J connectivity index is 0.00000154. The topological polar surface area (TPSA) is 72.2 Å². The molecule has 0 aromatic carbocycles. The first-order valence-corrected chi connectivity index (χ1v) is 7.45. The lowest BCUT2D eigenvalue weighted by Gasteiger charge is -2.34. The number of hydrogen-bond acceptors (Lipinski definition) is 2. The van der Waals surface area contributed by atoms with Crippen molar-refractivity contribution in [1.29, 1.82) is 0 Å². The van der Waals surface area contributed by atoms with Crippen LogP contribution in [0.15, 0.2) is 0 Å². The van der Waals surface area contributed by atoms with E-state index in [4.69, 9.17) is 5.73 Å². The number of carbonyl (C=O) groups excluding carboxylic acids is 2. The first-order valence-electron chi connectivity index (χ1n) is 7.45. The number of nitrogens with two attached hydrogens (primary N) is 1. The second kappa shape index (κ2) is 8.18. The Kier molecular flexibility index (Phi) is 7.72. The van der Waals surface area contributed by atoms with E-state index in [1.165, 1.54) is 0 Å². The van der Waals surface area contributed by atoms with Crippen molar-refractivity contribution >= 4 is 11.8 Å². The fourth-order valence-electron chi connectivity index (χ4n) is 3.00. The van der Waals surface area contributed by atoms with Crippen LogP contribution >= 0.6 is 0 Å². The average molecular weight is 270 g/mol. The van der Waals surface area contributed by atoms with Crippen LogP contribution in [0.2, 0.25) is 0 Å². The first-order chi connectivity index (χ1) is 8.94. The Hall–Kier alpha value is -1.06. The number of nitrogens with one attached hydrogen (secondary N) is 1. The van der Waals surface area contributed by atoms with E-state index in [1.54, 1.807) is 7.05 Å². The van der Waals surface area contributed by atoms with Crippen LogP contribution in [0, 0.1) is 17.3 Å². The molecule has 4 nitrogen and oxygen atoms in total. The van der Waals surface area contributed by atoms with Crippen molar-refractivity contribution in [2.45, 2.75) is 59.8 Å². The van der Waals surface area contributed by atoms with E-state index in [0.717, 1.165) is 32.1 Å². The highest BCUT2D eigenvalue weighted by Gasteiger charge is 2.49. The van der Waals surface area contributed by atoms with Gasteiger partial charge in [0.15, 0.2) is 0 Å². The largest absolute Gasteiger partial charge is 0.369 e. The van der Waals surface area contributed by atoms with Gasteiger partial charge in [-0.3, -0.25) is 9.59 Å². The molecule has 1 fully saturated rings. The minimum Gasteiger partial charge on any atom is -0.369 e. The fourth-order valence-corrected chi connectivity index (χ4v) is 3.00. The Morgan fingerprint density at radius 2 is 1.68 bits per heavy atom. The molecule has 1 atom stereocenters. The van der Waals surface area contributed by atoms with Crippen molar-refractivity contribution in [3.05, 3.63) is 0 Å². The molecule has 4 heteroatoms. The summed E-state index contributed by atoms with van der Waals surface area (Å²) >= 11 is 0. The molecule has 0 aliphatic heterocycles. The summed E-state index contributed by atoms with van der Waals surface area (Å²) in [6.45, 7) is 8.14. The van der Waals surface area contributed by atoms with Gasteiger partial charge in [-0.05, 0) is 25.2 Å². The quantitative estimate of drug-likeness (QED) is 0.805. The van der Waals surface area contributed by atoms with E-state index in [2.05, 4.69) is 19.2 Å². The molecule has 0 bridgehead atoms. The van der Waals surface area contributed by atoms with Gasteiger partial charge in [0, 0.05) is 7.05 Å². The predicted octanol–water partition coefficient (Wildman–Crippen LogP) is 2.47. The zero-order chi connectivity index (χ0) is 15.1. The van der Waals surface area contributed by atoms with E-state index < -0.39 is 5.41 Å². The summed E-state index contributed by atoms with van der Waals surface area (Å²) in [5.41, 5.74) is 4.98. The second-order valence-corrected chi connectivity index (χ2v) is 5.52. The van der Waals surface area contributed by atoms with Crippen LogP contribution in [0.5, 0.6) is 0 Å². The van der Waals surface area contributed by atoms with Gasteiger partial charge in [-0.15, -0.1) is 0 Å². The number of rotatable bonds is 5. The molecule has 1 rings (SSSR count). The van der Waals surface area contributed by atoms with Gasteiger partial charge >= 0.3 is 0 Å². The third kappa shape index (κ3) is 4.22. The monoisotopic (exact) mass is 270 g/mol. The maximum absolute atomic E-state index is 12.0. The summed E-state index contributed by atoms with van der Waals surface area (Å²) in [6, 6.07) is 0. The van der Waals surface area contributed by atoms with Crippen LogP contribution in [0.25, 0.3) is 0 Å². The minimum absolute atomic E-state index is 0.0422. The smallest absolute Gasteiger partial charge is 0.224 e. The van der Waals surface area contributed by atoms with Crippen molar-refractivity contribution < 1.29 is 9.59 Å². The lowest BCUT2D eigenvalue weighted by molar-refractivity contribution is -0.140. The zero-order valence-electron chi connectivity index (χ0n) is 13.1. The number of hydrogen-bond donors (Lipinski definition) is 2. The average Bonchev–Trinajstić information content (AvgIpc) is 2.87. The van der Waals surface area contributed by atoms with Gasteiger partial charge in [0.05, 0.1) is 11.3 Å². The summed E-state index contributed by atoms with van der Waals surface area (Å²) in [5, 5.41) is 2.68. The SMILES string of the molecule is CC.CNC(=O)[C@H](CC(C)C)C1(C(N)=O)CCCC1. The van der Waals surface area contributed by atoms with E-state index >= 15 is 0 Å². The lowest BCUT2D eigenvalue weighted by atomic mass is 9.69. The van der Waals surface area contributed by atoms with Gasteiger partial charge in [0.1, 0.15) is 0 Å². The summed E-state index contributed by atoms with van der Waals surface area (Å²) in [6.07, 6.45) is 4.23. The highest BCUT2D eigenvalue weighted by atomic mass is 16.2. The summed E-state index contributed by atoms with van der Waals surface area (Å²) in [4.78, 5) is 23.8. The van der Waals surface area contributed by atoms with Crippen LogP contribution in [0.4, 0.5) is 0 Å². The third-order valence-corrected chi connectivity index (χ3v) is 3.92. The maximum Gasteiger partial charge on any atom is 0.224 e. The van der Waals surface area contributed by atoms with Crippen LogP contribution in [-0.4, -0.2) is 18.9 Å².